The van der Waals surface area contributed by atoms with Crippen molar-refractivity contribution in [3.05, 3.63) is 54.1 Å². The first-order chi connectivity index (χ1) is 20.4. The van der Waals surface area contributed by atoms with Crippen LogP contribution in [0.3, 0.4) is 0 Å². The third-order valence-corrected chi connectivity index (χ3v) is 7.01. The average Bonchev–Trinajstić information content (AvgIpc) is 3.01. The highest BCUT2D eigenvalue weighted by Crippen LogP contribution is 2.31. The van der Waals surface area contributed by atoms with Gasteiger partial charge >= 0.3 is 6.03 Å². The molecule has 0 unspecified atom stereocenters. The molecule has 3 heterocycles. The number of amides is 2. The Hall–Kier alpha value is -4.26. The summed E-state index contributed by atoms with van der Waals surface area (Å²) in [5.41, 5.74) is 9.42. The van der Waals surface area contributed by atoms with Crippen molar-refractivity contribution in [1.29, 1.82) is 0 Å². The van der Waals surface area contributed by atoms with E-state index in [0.717, 1.165) is 11.8 Å². The summed E-state index contributed by atoms with van der Waals surface area (Å²) in [6, 6.07) is 13.5. The fraction of sp³-hybridized carbons (Fsp3) is 0.400. The Bertz CT molecular complexity index is 1290. The molecular weight excluding hydrogens is 534 g/mol. The van der Waals surface area contributed by atoms with Crippen molar-refractivity contribution in [2.75, 3.05) is 99.7 Å². The molecule has 0 aliphatic carbocycles. The van der Waals surface area contributed by atoms with Crippen molar-refractivity contribution < 1.29 is 14.3 Å². The maximum absolute atomic E-state index is 12.3. The molecule has 5 rings (SSSR count). The van der Waals surface area contributed by atoms with E-state index in [9.17, 15) is 9.59 Å². The van der Waals surface area contributed by atoms with Gasteiger partial charge in [0.25, 0.3) is 0 Å². The first-order valence-corrected chi connectivity index (χ1v) is 14.2. The minimum atomic E-state index is -0.389. The summed E-state index contributed by atoms with van der Waals surface area (Å²) in [5, 5.41) is 8.73. The summed E-state index contributed by atoms with van der Waals surface area (Å²) in [6.45, 7) is 10.3. The number of rotatable bonds is 7. The molecule has 2 fully saturated rings. The first kappa shape index (κ1) is 30.7. The van der Waals surface area contributed by atoms with Gasteiger partial charge in [0.05, 0.1) is 13.2 Å². The van der Waals surface area contributed by atoms with E-state index in [0.29, 0.717) is 72.9 Å². The van der Waals surface area contributed by atoms with E-state index in [1.807, 2.05) is 19.1 Å². The number of aromatic nitrogens is 2. The van der Waals surface area contributed by atoms with Crippen molar-refractivity contribution in [2.24, 2.45) is 0 Å². The van der Waals surface area contributed by atoms with E-state index in [1.54, 1.807) is 36.4 Å². The van der Waals surface area contributed by atoms with Gasteiger partial charge in [-0.05, 0) is 69.6 Å². The molecule has 1 aromatic heterocycles. The lowest BCUT2D eigenvalue weighted by atomic mass is 10.2. The van der Waals surface area contributed by atoms with E-state index < -0.39 is 0 Å². The molecule has 224 valence electrons. The fourth-order valence-electron chi connectivity index (χ4n) is 4.45. The predicted octanol–water partition coefficient (Wildman–Crippen LogP) is 3.31. The second kappa shape index (κ2) is 15.1. The third kappa shape index (κ3) is 8.62. The van der Waals surface area contributed by atoms with Crippen molar-refractivity contribution in [3.8, 4) is 11.4 Å². The Morgan fingerprint density at radius 3 is 1.95 bits per heavy atom. The number of nitrogen functional groups attached to an aromatic ring is 1. The molecule has 0 radical (unpaired) electrons. The number of aldehydes is 1. The summed E-state index contributed by atoms with van der Waals surface area (Å²) >= 11 is 0. The number of ether oxygens (including phenoxy) is 1. The highest BCUT2D eigenvalue weighted by Gasteiger charge is 2.20. The summed E-state index contributed by atoms with van der Waals surface area (Å²) in [5.74, 6) is 1.82. The van der Waals surface area contributed by atoms with Crippen LogP contribution in [-0.2, 0) is 4.74 Å². The monoisotopic (exact) mass is 575 g/mol. The van der Waals surface area contributed by atoms with E-state index in [4.69, 9.17) is 15.5 Å². The predicted molar refractivity (Wildman–Crippen MR) is 169 cm³/mol. The van der Waals surface area contributed by atoms with Gasteiger partial charge in [-0.1, -0.05) is 0 Å². The van der Waals surface area contributed by atoms with Crippen molar-refractivity contribution >= 4 is 41.0 Å². The largest absolute Gasteiger partial charge is 0.393 e. The highest BCUT2D eigenvalue weighted by molar-refractivity contribution is 6.00. The lowest BCUT2D eigenvalue weighted by Crippen LogP contribution is -2.42. The average molecular weight is 576 g/mol. The van der Waals surface area contributed by atoms with Gasteiger partial charge in [0.15, 0.2) is 17.5 Å². The van der Waals surface area contributed by atoms with Crippen LogP contribution in [0, 0.1) is 0 Å². The van der Waals surface area contributed by atoms with Gasteiger partial charge in [-0.15, -0.1) is 0 Å². The molecule has 2 aromatic carbocycles. The summed E-state index contributed by atoms with van der Waals surface area (Å²) < 4.78 is 5.45. The van der Waals surface area contributed by atoms with Crippen LogP contribution in [0.25, 0.3) is 11.4 Å². The van der Waals surface area contributed by atoms with Crippen LogP contribution >= 0.6 is 0 Å². The number of benzene rings is 2. The number of hydrogen-bond acceptors (Lipinski definition) is 10. The second-order valence-corrected chi connectivity index (χ2v) is 10.3. The quantitative estimate of drug-likeness (QED) is 0.310. The summed E-state index contributed by atoms with van der Waals surface area (Å²) in [6.07, 6.45) is 0.751. The zero-order valence-corrected chi connectivity index (χ0v) is 24.6. The Kier molecular flexibility index (Phi) is 11.0. The number of nitrogens with two attached hydrogens (primary N) is 1. The third-order valence-electron chi connectivity index (χ3n) is 7.01. The minimum Gasteiger partial charge on any atom is -0.393 e. The number of urea groups is 1. The van der Waals surface area contributed by atoms with Crippen LogP contribution in [0.5, 0.6) is 0 Å². The molecule has 12 nitrogen and oxygen atoms in total. The molecule has 0 saturated carbocycles. The minimum absolute atomic E-state index is 0.389. The number of piperazine rings is 1. The molecule has 0 bridgehead atoms. The number of carbonyl (C=O) groups is 2. The number of nitrogens with zero attached hydrogens (tertiary/aromatic N) is 5. The van der Waals surface area contributed by atoms with Crippen molar-refractivity contribution in [2.45, 2.75) is 6.92 Å². The summed E-state index contributed by atoms with van der Waals surface area (Å²) in [4.78, 5) is 39.2. The molecule has 2 saturated heterocycles. The fourth-order valence-corrected chi connectivity index (χ4v) is 4.45. The Morgan fingerprint density at radius 2 is 1.43 bits per heavy atom. The molecule has 42 heavy (non-hydrogen) atoms. The van der Waals surface area contributed by atoms with Gasteiger partial charge in [-0.3, -0.25) is 4.79 Å². The van der Waals surface area contributed by atoms with Crippen LogP contribution in [0.15, 0.2) is 48.5 Å². The summed E-state index contributed by atoms with van der Waals surface area (Å²) in [7, 11) is 4.35. The van der Waals surface area contributed by atoms with Gasteiger partial charge in [-0.2, -0.15) is 0 Å². The van der Waals surface area contributed by atoms with Gasteiger partial charge in [0, 0.05) is 68.3 Å². The van der Waals surface area contributed by atoms with Gasteiger partial charge in [0.2, 0.25) is 0 Å². The van der Waals surface area contributed by atoms with Crippen LogP contribution in [0.2, 0.25) is 0 Å². The normalized spacial score (nSPS) is 15.7. The smallest absolute Gasteiger partial charge is 0.323 e. The SMILES string of the molecule is CCNc1nc(-c2ccc(NC(=O)Nc3ccc(C=O)cc3)cc2)nc(N2CCOCC2)c1N.CN1CCN(C)CC1. The topological polar surface area (TPSA) is 141 Å². The van der Waals surface area contributed by atoms with E-state index in [2.05, 4.69) is 49.7 Å². The number of nitrogens with one attached hydrogen (secondary N) is 3. The van der Waals surface area contributed by atoms with E-state index in [1.165, 1.54) is 26.2 Å². The molecule has 2 amide bonds. The Morgan fingerprint density at radius 1 is 0.881 bits per heavy atom. The molecule has 0 atom stereocenters. The van der Waals surface area contributed by atoms with Crippen LogP contribution in [-0.4, -0.2) is 105 Å². The van der Waals surface area contributed by atoms with Gasteiger partial charge in [-0.25, -0.2) is 14.8 Å². The molecule has 12 heteroatoms. The number of carbonyl (C=O) groups excluding carboxylic acids is 2. The molecule has 2 aliphatic heterocycles. The van der Waals surface area contributed by atoms with Crippen LogP contribution in [0.4, 0.5) is 33.5 Å². The molecule has 0 spiro atoms. The first-order valence-electron chi connectivity index (χ1n) is 14.2. The second-order valence-electron chi connectivity index (χ2n) is 10.3. The van der Waals surface area contributed by atoms with Gasteiger partial charge < -0.3 is 41.1 Å². The Balaban J connectivity index is 0.000000437. The molecule has 5 N–H and O–H groups in total. The molecular formula is C30H41N9O3. The van der Waals surface area contributed by atoms with Crippen molar-refractivity contribution in [3.63, 3.8) is 0 Å². The van der Waals surface area contributed by atoms with Crippen LogP contribution in [0.1, 0.15) is 17.3 Å². The Labute approximate surface area is 247 Å². The maximum atomic E-state index is 12.3. The lowest BCUT2D eigenvalue weighted by Gasteiger charge is -2.29. The maximum Gasteiger partial charge on any atom is 0.323 e. The standard InChI is InChI=1S/C24H27N7O3.C6H14N2/c1-2-26-22-20(25)23(31-11-13-34-14-12-31)30-21(29-22)17-5-9-19(10-6-17)28-24(33)27-18-7-3-16(15-32)4-8-18;1-7-3-5-8(2)6-4-7/h3-10,15H,2,11-14,25H2,1H3,(H,26,29,30)(H2,27,28,33);3-6H2,1-2H3. The number of hydrogen-bond donors (Lipinski definition) is 4. The number of likely N-dealkylation sites (N-methyl/N-ethyl adjacent to an activating group) is 2. The van der Waals surface area contributed by atoms with Gasteiger partial charge in [0.1, 0.15) is 12.0 Å². The number of morpholine rings is 1. The lowest BCUT2D eigenvalue weighted by molar-refractivity contribution is 0.112. The zero-order chi connectivity index (χ0) is 29.9. The van der Waals surface area contributed by atoms with E-state index in [-0.39, 0.29) is 6.03 Å². The zero-order valence-electron chi connectivity index (χ0n) is 24.6. The van der Waals surface area contributed by atoms with E-state index >= 15 is 0 Å². The molecule has 3 aromatic rings. The highest BCUT2D eigenvalue weighted by atomic mass is 16.5. The van der Waals surface area contributed by atoms with Crippen molar-refractivity contribution in [1.82, 2.24) is 19.8 Å². The molecule has 2 aliphatic rings. The number of anilines is 5. The van der Waals surface area contributed by atoms with Crippen LogP contribution < -0.4 is 26.6 Å².